The van der Waals surface area contributed by atoms with Crippen LogP contribution in [0.2, 0.25) is 0 Å². The SMILES string of the molecule is CC(C)n1c(O)c(C=C2C=Nc3ccncc32)oc1=S. The van der Waals surface area contributed by atoms with Crippen LogP contribution in [0.15, 0.2) is 27.9 Å². The van der Waals surface area contributed by atoms with E-state index in [9.17, 15) is 5.11 Å². The molecule has 3 heterocycles. The van der Waals surface area contributed by atoms with Crippen molar-refractivity contribution in [2.45, 2.75) is 19.9 Å². The summed E-state index contributed by atoms with van der Waals surface area (Å²) in [6.07, 6.45) is 6.87. The van der Waals surface area contributed by atoms with Gasteiger partial charge in [-0.15, -0.1) is 0 Å². The number of rotatable bonds is 2. The molecule has 5 nitrogen and oxygen atoms in total. The van der Waals surface area contributed by atoms with Crippen molar-refractivity contribution in [3.05, 3.63) is 34.6 Å². The third-order valence-corrected chi connectivity index (χ3v) is 3.38. The number of nitrogens with zero attached hydrogens (tertiary/aromatic N) is 3. The Hall–Kier alpha value is -2.21. The summed E-state index contributed by atoms with van der Waals surface area (Å²) < 4.78 is 7.02. The van der Waals surface area contributed by atoms with Crippen LogP contribution in [0.3, 0.4) is 0 Å². The van der Waals surface area contributed by atoms with Gasteiger partial charge in [-0.2, -0.15) is 0 Å². The molecule has 1 N–H and O–H groups in total. The highest BCUT2D eigenvalue weighted by molar-refractivity contribution is 7.71. The van der Waals surface area contributed by atoms with E-state index < -0.39 is 0 Å². The van der Waals surface area contributed by atoms with Gasteiger partial charge < -0.3 is 9.52 Å². The predicted octanol–water partition coefficient (Wildman–Crippen LogP) is 3.75. The highest BCUT2D eigenvalue weighted by atomic mass is 32.1. The van der Waals surface area contributed by atoms with E-state index in [0.717, 1.165) is 16.8 Å². The molecule has 1 aliphatic heterocycles. The predicted molar refractivity (Wildman–Crippen MR) is 79.8 cm³/mol. The lowest BCUT2D eigenvalue weighted by Crippen LogP contribution is -1.99. The van der Waals surface area contributed by atoms with Crippen molar-refractivity contribution in [1.29, 1.82) is 0 Å². The highest BCUT2D eigenvalue weighted by Gasteiger charge is 2.17. The number of oxazole rings is 1. The molecule has 2 aromatic heterocycles. The molecule has 3 rings (SSSR count). The van der Waals surface area contributed by atoms with Gasteiger partial charge in [0.15, 0.2) is 5.76 Å². The number of aliphatic imine (C=N–C) groups is 1. The van der Waals surface area contributed by atoms with Crippen molar-refractivity contribution in [3.8, 4) is 5.88 Å². The van der Waals surface area contributed by atoms with Crippen molar-refractivity contribution in [3.63, 3.8) is 0 Å². The van der Waals surface area contributed by atoms with Crippen LogP contribution in [0.1, 0.15) is 31.2 Å². The van der Waals surface area contributed by atoms with Gasteiger partial charge in [0.2, 0.25) is 5.88 Å². The molecule has 20 heavy (non-hydrogen) atoms. The average molecular weight is 287 g/mol. The Morgan fingerprint density at radius 2 is 2.25 bits per heavy atom. The molecule has 2 aromatic rings. The Kier molecular flexibility index (Phi) is 3.02. The zero-order chi connectivity index (χ0) is 14.3. The van der Waals surface area contributed by atoms with Crippen molar-refractivity contribution >= 4 is 35.8 Å². The Balaban J connectivity index is 2.10. The van der Waals surface area contributed by atoms with Gasteiger partial charge in [0, 0.05) is 35.8 Å². The van der Waals surface area contributed by atoms with E-state index in [1.165, 1.54) is 0 Å². The minimum atomic E-state index is 0.0308. The van der Waals surface area contributed by atoms with E-state index in [1.54, 1.807) is 29.3 Å². The van der Waals surface area contributed by atoms with Gasteiger partial charge in [0.05, 0.1) is 5.69 Å². The first-order valence-electron chi connectivity index (χ1n) is 6.22. The third kappa shape index (κ3) is 1.98. The average Bonchev–Trinajstić information content (AvgIpc) is 2.93. The maximum absolute atomic E-state index is 10.2. The molecule has 0 atom stereocenters. The summed E-state index contributed by atoms with van der Waals surface area (Å²) in [5.74, 6) is 0.366. The molecular weight excluding hydrogens is 274 g/mol. The molecule has 102 valence electrons. The molecule has 6 heteroatoms. The van der Waals surface area contributed by atoms with Crippen LogP contribution in [0, 0.1) is 4.84 Å². The quantitative estimate of drug-likeness (QED) is 0.854. The van der Waals surface area contributed by atoms with Crippen molar-refractivity contribution in [1.82, 2.24) is 9.55 Å². The van der Waals surface area contributed by atoms with Gasteiger partial charge in [-0.25, -0.2) is 0 Å². The molecule has 0 unspecified atom stereocenters. The second-order valence-corrected chi connectivity index (χ2v) is 5.12. The summed E-state index contributed by atoms with van der Waals surface area (Å²) >= 11 is 5.12. The monoisotopic (exact) mass is 287 g/mol. The van der Waals surface area contributed by atoms with Crippen LogP contribution in [-0.2, 0) is 0 Å². The third-order valence-electron chi connectivity index (χ3n) is 3.10. The van der Waals surface area contributed by atoms with Crippen LogP contribution in [0.4, 0.5) is 5.69 Å². The van der Waals surface area contributed by atoms with Crippen molar-refractivity contribution in [2.24, 2.45) is 4.99 Å². The number of hydrogen-bond acceptors (Lipinski definition) is 5. The molecule has 0 saturated carbocycles. The van der Waals surface area contributed by atoms with Crippen molar-refractivity contribution < 1.29 is 9.52 Å². The summed E-state index contributed by atoms with van der Waals surface area (Å²) in [6, 6.07) is 1.87. The standard InChI is InChI=1S/C14H13N3O2S/c1-8(2)17-13(18)12(19-14(17)20)5-9-6-16-11-3-4-15-7-10(9)11/h3-8,18H,1-2H3. The molecule has 0 fully saturated rings. The second kappa shape index (κ2) is 4.72. The number of pyridine rings is 1. The maximum Gasteiger partial charge on any atom is 0.272 e. The van der Waals surface area contributed by atoms with Gasteiger partial charge in [-0.1, -0.05) is 0 Å². The first kappa shape index (κ1) is 12.8. The molecule has 1 aliphatic rings. The number of allylic oxidation sites excluding steroid dienone is 1. The molecule has 0 aromatic carbocycles. The molecule has 0 amide bonds. The van der Waals surface area contributed by atoms with Gasteiger partial charge in [-0.3, -0.25) is 14.5 Å². The Morgan fingerprint density at radius 3 is 2.95 bits per heavy atom. The molecule has 0 bridgehead atoms. The normalized spacial score (nSPS) is 15.2. The number of aromatic nitrogens is 2. The zero-order valence-electron chi connectivity index (χ0n) is 11.1. The first-order chi connectivity index (χ1) is 9.58. The van der Waals surface area contributed by atoms with E-state index in [4.69, 9.17) is 16.6 Å². The van der Waals surface area contributed by atoms with Crippen LogP contribution >= 0.6 is 12.2 Å². The number of aromatic hydroxyl groups is 1. The topological polar surface area (TPSA) is 63.5 Å². The van der Waals surface area contributed by atoms with E-state index in [1.807, 2.05) is 19.9 Å². The van der Waals surface area contributed by atoms with Gasteiger partial charge >= 0.3 is 0 Å². The molecule has 0 radical (unpaired) electrons. The van der Waals surface area contributed by atoms with E-state index >= 15 is 0 Å². The fraction of sp³-hybridized carbons (Fsp3) is 0.214. The van der Waals surface area contributed by atoms with Crippen LogP contribution in [-0.4, -0.2) is 20.9 Å². The van der Waals surface area contributed by atoms with Crippen LogP contribution in [0.5, 0.6) is 5.88 Å². The highest BCUT2D eigenvalue weighted by Crippen LogP contribution is 2.34. The van der Waals surface area contributed by atoms with E-state index in [2.05, 4.69) is 9.98 Å². The molecular formula is C14H13N3O2S. The van der Waals surface area contributed by atoms with E-state index in [-0.39, 0.29) is 16.8 Å². The fourth-order valence-electron chi connectivity index (χ4n) is 2.13. The Labute approximate surface area is 120 Å². The van der Waals surface area contributed by atoms with Crippen molar-refractivity contribution in [2.75, 3.05) is 0 Å². The summed E-state index contributed by atoms with van der Waals surface area (Å²) in [6.45, 7) is 3.86. The summed E-state index contributed by atoms with van der Waals surface area (Å²) in [5, 5.41) is 10.2. The molecule has 0 spiro atoms. The number of fused-ring (bicyclic) bond motifs is 1. The van der Waals surface area contributed by atoms with Gasteiger partial charge in [-0.05, 0) is 38.2 Å². The van der Waals surface area contributed by atoms with Crippen LogP contribution in [0.25, 0.3) is 11.6 Å². The summed E-state index contributed by atoms with van der Waals surface area (Å²) in [4.78, 5) is 8.62. The lowest BCUT2D eigenvalue weighted by atomic mass is 10.1. The summed E-state index contributed by atoms with van der Waals surface area (Å²) in [7, 11) is 0. The minimum absolute atomic E-state index is 0.0308. The van der Waals surface area contributed by atoms with Gasteiger partial charge in [0.25, 0.3) is 4.84 Å². The number of hydrogen-bond donors (Lipinski definition) is 1. The van der Waals surface area contributed by atoms with Crippen LogP contribution < -0.4 is 0 Å². The Morgan fingerprint density at radius 1 is 1.45 bits per heavy atom. The lowest BCUT2D eigenvalue weighted by molar-refractivity contribution is 0.397. The lowest BCUT2D eigenvalue weighted by Gasteiger charge is -2.05. The fourth-order valence-corrected chi connectivity index (χ4v) is 2.52. The molecule has 0 aliphatic carbocycles. The minimum Gasteiger partial charge on any atom is -0.492 e. The first-order valence-corrected chi connectivity index (χ1v) is 6.63. The second-order valence-electron chi connectivity index (χ2n) is 4.77. The maximum atomic E-state index is 10.2. The van der Waals surface area contributed by atoms with E-state index in [0.29, 0.717) is 5.76 Å². The zero-order valence-corrected chi connectivity index (χ0v) is 11.9. The Bertz CT molecular complexity index is 784. The van der Waals surface area contributed by atoms with Gasteiger partial charge in [0.1, 0.15) is 0 Å². The summed E-state index contributed by atoms with van der Waals surface area (Å²) in [5.41, 5.74) is 2.60. The smallest absolute Gasteiger partial charge is 0.272 e. The molecule has 0 saturated heterocycles. The largest absolute Gasteiger partial charge is 0.492 e.